The van der Waals surface area contributed by atoms with Gasteiger partial charge in [-0.15, -0.1) is 0 Å². The first kappa shape index (κ1) is 14.9. The molecule has 2 aliphatic rings. The molecule has 0 radical (unpaired) electrons. The van der Waals surface area contributed by atoms with Gasteiger partial charge >= 0.3 is 0 Å². The topological polar surface area (TPSA) is 21.3 Å². The molecule has 0 bridgehead atoms. The molecule has 1 aliphatic heterocycles. The van der Waals surface area contributed by atoms with E-state index in [0.29, 0.717) is 6.04 Å². The highest BCUT2D eigenvalue weighted by Crippen LogP contribution is 2.39. The number of hydrogen-bond donors (Lipinski definition) is 1. The predicted molar refractivity (Wildman–Crippen MR) is 87.7 cm³/mol. The van der Waals surface area contributed by atoms with E-state index in [-0.39, 0.29) is 5.60 Å². The van der Waals surface area contributed by atoms with Crippen molar-refractivity contribution in [2.45, 2.75) is 70.4 Å². The Hall–Kier alpha value is -1.02. The Labute approximate surface area is 129 Å². The number of benzene rings is 1. The van der Waals surface area contributed by atoms with Crippen molar-refractivity contribution in [3.05, 3.63) is 29.8 Å². The summed E-state index contributed by atoms with van der Waals surface area (Å²) in [5.41, 5.74) is 1.26. The molecule has 1 aromatic rings. The van der Waals surface area contributed by atoms with E-state index in [9.17, 15) is 0 Å². The largest absolute Gasteiger partial charge is 0.487 e. The minimum absolute atomic E-state index is 0.0720. The van der Waals surface area contributed by atoms with Crippen molar-refractivity contribution in [1.29, 1.82) is 0 Å². The fourth-order valence-electron chi connectivity index (χ4n) is 3.95. The second kappa shape index (κ2) is 6.39. The van der Waals surface area contributed by atoms with Crippen molar-refractivity contribution in [2.24, 2.45) is 5.92 Å². The van der Waals surface area contributed by atoms with Crippen LogP contribution in [-0.2, 0) is 0 Å². The van der Waals surface area contributed by atoms with E-state index in [1.54, 1.807) is 0 Å². The third-order valence-electron chi connectivity index (χ3n) is 5.03. The maximum atomic E-state index is 6.10. The van der Waals surface area contributed by atoms with E-state index in [1.807, 2.05) is 0 Å². The molecule has 0 aromatic heterocycles. The molecule has 0 spiro atoms. The number of rotatable bonds is 5. The normalized spacial score (nSPS) is 24.6. The van der Waals surface area contributed by atoms with E-state index in [1.165, 1.54) is 44.1 Å². The molecule has 1 saturated carbocycles. The Morgan fingerprint density at radius 3 is 2.76 bits per heavy atom. The van der Waals surface area contributed by atoms with Gasteiger partial charge in [-0.25, -0.2) is 0 Å². The van der Waals surface area contributed by atoms with Crippen LogP contribution in [0.15, 0.2) is 24.3 Å². The molecule has 2 nitrogen and oxygen atoms in total. The minimum atomic E-state index is -0.0720. The fourth-order valence-corrected chi connectivity index (χ4v) is 3.95. The van der Waals surface area contributed by atoms with Crippen molar-refractivity contribution in [3.8, 4) is 5.75 Å². The molecule has 21 heavy (non-hydrogen) atoms. The lowest BCUT2D eigenvalue weighted by molar-refractivity contribution is 0.0660. The Morgan fingerprint density at radius 1 is 1.19 bits per heavy atom. The molecular weight excluding hydrogens is 258 g/mol. The molecule has 1 heterocycles. The maximum Gasteiger partial charge on any atom is 0.124 e. The van der Waals surface area contributed by atoms with Gasteiger partial charge in [0.25, 0.3) is 0 Å². The molecule has 1 unspecified atom stereocenters. The van der Waals surface area contributed by atoms with Crippen molar-refractivity contribution in [1.82, 2.24) is 5.32 Å². The van der Waals surface area contributed by atoms with E-state index in [4.69, 9.17) is 4.74 Å². The summed E-state index contributed by atoms with van der Waals surface area (Å²) in [4.78, 5) is 0. The van der Waals surface area contributed by atoms with Crippen LogP contribution >= 0.6 is 0 Å². The Balaban J connectivity index is 1.54. The molecule has 3 rings (SSSR count). The first-order chi connectivity index (χ1) is 10.1. The Morgan fingerprint density at radius 2 is 1.95 bits per heavy atom. The third kappa shape index (κ3) is 3.79. The number of nitrogens with one attached hydrogen (secondary N) is 1. The van der Waals surface area contributed by atoms with E-state index >= 15 is 0 Å². The lowest BCUT2D eigenvalue weighted by atomic mass is 9.89. The van der Waals surface area contributed by atoms with Gasteiger partial charge in [-0.3, -0.25) is 0 Å². The molecule has 1 aliphatic carbocycles. The predicted octanol–water partition coefficient (Wildman–Crippen LogP) is 4.85. The smallest absolute Gasteiger partial charge is 0.124 e. The summed E-state index contributed by atoms with van der Waals surface area (Å²) in [6.07, 6.45) is 9.61. The Kier molecular flexibility index (Phi) is 4.54. The standard InChI is InChI=1S/C19H29NO/c1-19(2)14-17(16-11-5-6-12-18(16)21-19)20-13-7-10-15-8-3-4-9-15/h5-6,11-12,15,17,20H,3-4,7-10,13-14H2,1-2H3. The summed E-state index contributed by atoms with van der Waals surface area (Å²) in [6.45, 7) is 5.51. The average Bonchev–Trinajstić information content (AvgIpc) is 2.95. The van der Waals surface area contributed by atoms with E-state index in [0.717, 1.165) is 24.6 Å². The SMILES string of the molecule is CC1(C)CC(NCCCC2CCCC2)c2ccccc2O1. The third-order valence-corrected chi connectivity index (χ3v) is 5.03. The lowest BCUT2D eigenvalue weighted by Gasteiger charge is -2.38. The fraction of sp³-hybridized carbons (Fsp3) is 0.684. The van der Waals surface area contributed by atoms with Crippen LogP contribution in [0.4, 0.5) is 0 Å². The number of hydrogen-bond acceptors (Lipinski definition) is 2. The van der Waals surface area contributed by atoms with Gasteiger partial charge in [-0.05, 0) is 45.2 Å². The van der Waals surface area contributed by atoms with Crippen LogP contribution in [0, 0.1) is 5.92 Å². The van der Waals surface area contributed by atoms with Crippen LogP contribution in [0.2, 0.25) is 0 Å². The molecule has 0 amide bonds. The van der Waals surface area contributed by atoms with Crippen LogP contribution in [0.25, 0.3) is 0 Å². The lowest BCUT2D eigenvalue weighted by Crippen LogP contribution is -2.39. The first-order valence-corrected chi connectivity index (χ1v) is 8.65. The van der Waals surface area contributed by atoms with Gasteiger partial charge < -0.3 is 10.1 Å². The van der Waals surface area contributed by atoms with Crippen LogP contribution < -0.4 is 10.1 Å². The maximum absolute atomic E-state index is 6.10. The number of para-hydroxylation sites is 1. The van der Waals surface area contributed by atoms with Crippen LogP contribution in [0.1, 0.15) is 70.4 Å². The summed E-state index contributed by atoms with van der Waals surface area (Å²) in [5.74, 6) is 2.06. The second-order valence-corrected chi connectivity index (χ2v) is 7.40. The first-order valence-electron chi connectivity index (χ1n) is 8.65. The van der Waals surface area contributed by atoms with Crippen LogP contribution in [0.3, 0.4) is 0 Å². The number of ether oxygens (including phenoxy) is 1. The van der Waals surface area contributed by atoms with Crippen molar-refractivity contribution in [2.75, 3.05) is 6.54 Å². The van der Waals surface area contributed by atoms with Crippen molar-refractivity contribution >= 4 is 0 Å². The highest BCUT2D eigenvalue weighted by molar-refractivity contribution is 5.38. The summed E-state index contributed by atoms with van der Waals surface area (Å²) in [5, 5.41) is 3.78. The molecule has 1 fully saturated rings. The summed E-state index contributed by atoms with van der Waals surface area (Å²) in [6, 6.07) is 8.93. The van der Waals surface area contributed by atoms with Gasteiger partial charge in [0.05, 0.1) is 0 Å². The summed E-state index contributed by atoms with van der Waals surface area (Å²) >= 11 is 0. The van der Waals surface area contributed by atoms with Gasteiger partial charge in [0.1, 0.15) is 11.4 Å². The monoisotopic (exact) mass is 287 g/mol. The highest BCUT2D eigenvalue weighted by atomic mass is 16.5. The quantitative estimate of drug-likeness (QED) is 0.782. The second-order valence-electron chi connectivity index (χ2n) is 7.40. The zero-order valence-electron chi connectivity index (χ0n) is 13.5. The van der Waals surface area contributed by atoms with Crippen molar-refractivity contribution < 1.29 is 4.74 Å². The van der Waals surface area contributed by atoms with Gasteiger partial charge in [0.15, 0.2) is 0 Å². The molecule has 2 heteroatoms. The molecule has 0 saturated heterocycles. The van der Waals surface area contributed by atoms with Gasteiger partial charge in [-0.1, -0.05) is 43.9 Å². The molecule has 116 valence electrons. The Bertz CT molecular complexity index is 462. The molecular formula is C19H29NO. The zero-order valence-corrected chi connectivity index (χ0v) is 13.5. The van der Waals surface area contributed by atoms with Gasteiger partial charge in [-0.2, -0.15) is 0 Å². The average molecular weight is 287 g/mol. The van der Waals surface area contributed by atoms with Crippen molar-refractivity contribution in [3.63, 3.8) is 0 Å². The molecule has 1 N–H and O–H groups in total. The summed E-state index contributed by atoms with van der Waals surface area (Å²) < 4.78 is 6.10. The minimum Gasteiger partial charge on any atom is -0.487 e. The van der Waals surface area contributed by atoms with Crippen LogP contribution in [-0.4, -0.2) is 12.1 Å². The van der Waals surface area contributed by atoms with Crippen LogP contribution in [0.5, 0.6) is 5.75 Å². The van der Waals surface area contributed by atoms with Gasteiger partial charge in [0, 0.05) is 18.0 Å². The van der Waals surface area contributed by atoms with Gasteiger partial charge in [0.2, 0.25) is 0 Å². The molecule has 1 atom stereocenters. The molecule has 1 aromatic carbocycles. The summed E-state index contributed by atoms with van der Waals surface area (Å²) in [7, 11) is 0. The highest BCUT2D eigenvalue weighted by Gasteiger charge is 2.33. The number of fused-ring (bicyclic) bond motifs is 1. The zero-order chi connectivity index (χ0) is 14.7. The van der Waals surface area contributed by atoms with E-state index < -0.39 is 0 Å². The van der Waals surface area contributed by atoms with E-state index in [2.05, 4.69) is 43.4 Å².